The molecule has 7 rings (SSSR count). The fourth-order valence-electron chi connectivity index (χ4n) is 7.01. The third kappa shape index (κ3) is 5.30. The maximum atomic E-state index is 12.5. The predicted octanol–water partition coefficient (Wildman–Crippen LogP) is 11.9. The summed E-state index contributed by atoms with van der Waals surface area (Å²) in [6.07, 6.45) is 1.000. The van der Waals surface area contributed by atoms with Crippen molar-refractivity contribution < 1.29 is 4.79 Å². The zero-order valence-electron chi connectivity index (χ0n) is 27.4. The van der Waals surface area contributed by atoms with Crippen LogP contribution in [0.2, 0.25) is 0 Å². The smallest absolute Gasteiger partial charge is 0.151 e. The lowest BCUT2D eigenvalue weighted by Gasteiger charge is -2.31. The van der Waals surface area contributed by atoms with Crippen LogP contribution in [-0.4, -0.2) is 6.29 Å². The van der Waals surface area contributed by atoms with Crippen molar-refractivity contribution >= 4 is 44.9 Å². The van der Waals surface area contributed by atoms with Crippen LogP contribution in [0.3, 0.4) is 0 Å². The molecule has 0 spiro atoms. The van der Waals surface area contributed by atoms with E-state index in [1.54, 1.807) is 0 Å². The van der Waals surface area contributed by atoms with Gasteiger partial charge in [-0.15, -0.1) is 0 Å². The Bertz CT molecular complexity index is 2030. The van der Waals surface area contributed by atoms with Crippen molar-refractivity contribution in [1.29, 1.82) is 0 Å². The summed E-state index contributed by atoms with van der Waals surface area (Å²) < 4.78 is 0. The number of fused-ring (bicyclic) bond motifs is 2. The summed E-state index contributed by atoms with van der Waals surface area (Å²) in [5.74, 6) is 0. The van der Waals surface area contributed by atoms with E-state index >= 15 is 0 Å². The number of hydrogen-bond acceptors (Lipinski definition) is 2. The normalized spacial score (nSPS) is 11.9. The van der Waals surface area contributed by atoms with Gasteiger partial charge >= 0.3 is 0 Å². The molecule has 0 heterocycles. The molecule has 0 saturated heterocycles. The van der Waals surface area contributed by atoms with Crippen molar-refractivity contribution in [2.45, 2.75) is 38.5 Å². The lowest BCUT2D eigenvalue weighted by Crippen LogP contribution is -2.20. The van der Waals surface area contributed by atoms with Crippen LogP contribution in [0, 0.1) is 0 Å². The SMILES string of the molecule is CC(C)(c1ccccc1)c1ccc(N(c2ccc(C(C)(C)c3ccccc3)cc2)c2c3ccccc3c(C=O)c3ccccc23)cc1. The second kappa shape index (κ2) is 12.0. The highest BCUT2D eigenvalue weighted by Crippen LogP contribution is 2.46. The fraction of sp³-hybridized carbons (Fsp3) is 0.133. The highest BCUT2D eigenvalue weighted by molar-refractivity contribution is 6.21. The van der Waals surface area contributed by atoms with Crippen LogP contribution in [0.1, 0.15) is 60.3 Å². The van der Waals surface area contributed by atoms with Crippen molar-refractivity contribution in [3.63, 3.8) is 0 Å². The van der Waals surface area contributed by atoms with Gasteiger partial charge in [0.25, 0.3) is 0 Å². The van der Waals surface area contributed by atoms with Gasteiger partial charge in [-0.25, -0.2) is 0 Å². The molecule has 0 atom stereocenters. The molecule has 2 heteroatoms. The van der Waals surface area contributed by atoms with E-state index in [4.69, 9.17) is 0 Å². The van der Waals surface area contributed by atoms with Crippen LogP contribution in [0.25, 0.3) is 21.5 Å². The van der Waals surface area contributed by atoms with Crippen LogP contribution in [0.4, 0.5) is 17.1 Å². The largest absolute Gasteiger partial charge is 0.309 e. The van der Waals surface area contributed by atoms with Gasteiger partial charge in [0.15, 0.2) is 6.29 Å². The van der Waals surface area contributed by atoms with Gasteiger partial charge in [0, 0.05) is 38.5 Å². The number of benzene rings is 7. The minimum Gasteiger partial charge on any atom is -0.309 e. The molecule has 0 fully saturated rings. The molecule has 7 aromatic carbocycles. The molecule has 0 aliphatic carbocycles. The van der Waals surface area contributed by atoms with E-state index in [1.807, 2.05) is 12.1 Å². The highest BCUT2D eigenvalue weighted by Gasteiger charge is 2.26. The Morgan fingerprint density at radius 3 is 1.09 bits per heavy atom. The predicted molar refractivity (Wildman–Crippen MR) is 199 cm³/mol. The average Bonchev–Trinajstić information content (AvgIpc) is 3.12. The molecule has 0 unspecified atom stereocenters. The van der Waals surface area contributed by atoms with Gasteiger partial charge in [-0.05, 0) is 57.3 Å². The van der Waals surface area contributed by atoms with Crippen LogP contribution >= 0.6 is 0 Å². The number of carbonyl (C=O) groups is 1. The lowest BCUT2D eigenvalue weighted by atomic mass is 9.78. The third-order valence-electron chi connectivity index (χ3n) is 9.97. The number of rotatable bonds is 8. The average molecular weight is 610 g/mol. The van der Waals surface area contributed by atoms with Gasteiger partial charge in [0.05, 0.1) is 5.69 Å². The monoisotopic (exact) mass is 609 g/mol. The summed E-state index contributed by atoms with van der Waals surface area (Å²) >= 11 is 0. The fourth-order valence-corrected chi connectivity index (χ4v) is 7.01. The first kappa shape index (κ1) is 30.2. The number of anilines is 3. The first-order chi connectivity index (χ1) is 22.8. The molecular formula is C45H39NO. The number of nitrogens with zero attached hydrogens (tertiary/aromatic N) is 1. The second-order valence-corrected chi connectivity index (χ2v) is 13.4. The molecule has 2 nitrogen and oxygen atoms in total. The van der Waals surface area contributed by atoms with E-state index in [0.29, 0.717) is 0 Å². The molecule has 0 radical (unpaired) electrons. The van der Waals surface area contributed by atoms with E-state index < -0.39 is 0 Å². The molecule has 0 aliphatic heterocycles. The number of hydrogen-bond donors (Lipinski definition) is 0. The Kier molecular flexibility index (Phi) is 7.74. The van der Waals surface area contributed by atoms with Crippen molar-refractivity contribution in [1.82, 2.24) is 0 Å². The minimum absolute atomic E-state index is 0.152. The number of aldehydes is 1. The van der Waals surface area contributed by atoms with E-state index in [2.05, 4.69) is 178 Å². The van der Waals surface area contributed by atoms with Crippen LogP contribution < -0.4 is 4.90 Å². The summed E-state index contributed by atoms with van der Waals surface area (Å²) in [7, 11) is 0. The van der Waals surface area contributed by atoms with Crippen molar-refractivity contribution in [2.24, 2.45) is 0 Å². The Labute approximate surface area is 277 Å². The van der Waals surface area contributed by atoms with Gasteiger partial charge in [-0.3, -0.25) is 4.79 Å². The molecule has 230 valence electrons. The Balaban J connectivity index is 1.44. The molecule has 7 aromatic rings. The maximum absolute atomic E-state index is 12.5. The third-order valence-corrected chi connectivity index (χ3v) is 9.97. The second-order valence-electron chi connectivity index (χ2n) is 13.4. The maximum Gasteiger partial charge on any atom is 0.151 e. The summed E-state index contributed by atoms with van der Waals surface area (Å²) in [5.41, 5.74) is 8.65. The van der Waals surface area contributed by atoms with E-state index in [0.717, 1.165) is 50.5 Å². The Morgan fingerprint density at radius 1 is 0.404 bits per heavy atom. The Hall–Kier alpha value is -5.47. The molecule has 0 N–H and O–H groups in total. The molecule has 47 heavy (non-hydrogen) atoms. The minimum atomic E-state index is -0.152. The summed E-state index contributed by atoms with van der Waals surface area (Å²) in [4.78, 5) is 14.9. The quantitative estimate of drug-likeness (QED) is 0.126. The van der Waals surface area contributed by atoms with Gasteiger partial charge in [0.2, 0.25) is 0 Å². The Morgan fingerprint density at radius 2 is 0.723 bits per heavy atom. The standard InChI is InChI=1S/C45H39NO/c1-44(2,32-15-7-5-8-16-32)34-23-27-36(28-24-34)46(37-29-25-35(26-30-37)45(3,4)33-17-9-6-10-18-33)43-40-21-13-11-19-38(40)42(31-47)39-20-12-14-22-41(39)43/h5-31H,1-4H3. The molecule has 0 bridgehead atoms. The topological polar surface area (TPSA) is 20.3 Å². The zero-order chi connectivity index (χ0) is 32.6. The van der Waals surface area contributed by atoms with Crippen LogP contribution in [0.5, 0.6) is 0 Å². The summed E-state index contributed by atoms with van der Waals surface area (Å²) in [5, 5.41) is 3.97. The van der Waals surface area contributed by atoms with Crippen molar-refractivity contribution in [2.75, 3.05) is 4.90 Å². The first-order valence-electron chi connectivity index (χ1n) is 16.3. The van der Waals surface area contributed by atoms with Gasteiger partial charge in [-0.1, -0.05) is 161 Å². The molecule has 0 saturated carbocycles. The van der Waals surface area contributed by atoms with Crippen LogP contribution in [0.15, 0.2) is 158 Å². The van der Waals surface area contributed by atoms with Crippen LogP contribution in [-0.2, 0) is 10.8 Å². The highest BCUT2D eigenvalue weighted by atomic mass is 16.1. The first-order valence-corrected chi connectivity index (χ1v) is 16.3. The van der Waals surface area contributed by atoms with Gasteiger partial charge in [0.1, 0.15) is 0 Å². The molecule has 0 aliphatic rings. The van der Waals surface area contributed by atoms with E-state index in [-0.39, 0.29) is 10.8 Å². The van der Waals surface area contributed by atoms with Gasteiger partial charge in [-0.2, -0.15) is 0 Å². The summed E-state index contributed by atoms with van der Waals surface area (Å²) in [6, 6.07) is 55.9. The van der Waals surface area contributed by atoms with Crippen molar-refractivity contribution in [3.8, 4) is 0 Å². The number of carbonyl (C=O) groups excluding carboxylic acids is 1. The molecule has 0 amide bonds. The molecular weight excluding hydrogens is 571 g/mol. The van der Waals surface area contributed by atoms with E-state index in [9.17, 15) is 4.79 Å². The molecule has 0 aromatic heterocycles. The van der Waals surface area contributed by atoms with E-state index in [1.165, 1.54) is 22.3 Å². The van der Waals surface area contributed by atoms with Crippen molar-refractivity contribution in [3.05, 3.63) is 186 Å². The summed E-state index contributed by atoms with van der Waals surface area (Å²) in [6.45, 7) is 9.12. The zero-order valence-corrected chi connectivity index (χ0v) is 27.4. The van der Waals surface area contributed by atoms with Gasteiger partial charge < -0.3 is 4.90 Å². The lowest BCUT2D eigenvalue weighted by molar-refractivity contribution is 0.112.